The van der Waals surface area contributed by atoms with E-state index in [1.807, 2.05) is 6.92 Å². The number of fused-ring (bicyclic) bond motifs is 1. The van der Waals surface area contributed by atoms with E-state index < -0.39 is 10.0 Å². The molecule has 2 aromatic carbocycles. The summed E-state index contributed by atoms with van der Waals surface area (Å²) in [7, 11) is -3.52. The average molecular weight is 458 g/mol. The van der Waals surface area contributed by atoms with Crippen molar-refractivity contribution in [3.8, 4) is 0 Å². The minimum atomic E-state index is -3.52. The SMILES string of the molecule is CCN(CC)S(=O)(=O)c1ccc([C@@H](C)NC(=O)CCn2nnc3ccccc3c2=O)cc1. The van der Waals surface area contributed by atoms with Crippen molar-refractivity contribution in [1.82, 2.24) is 24.6 Å². The maximum atomic E-state index is 12.6. The third kappa shape index (κ3) is 5.03. The highest BCUT2D eigenvalue weighted by Crippen LogP contribution is 2.19. The fourth-order valence-electron chi connectivity index (χ4n) is 3.42. The molecule has 0 aliphatic heterocycles. The number of nitrogens with one attached hydrogen (secondary N) is 1. The maximum absolute atomic E-state index is 12.6. The highest BCUT2D eigenvalue weighted by atomic mass is 32.2. The summed E-state index contributed by atoms with van der Waals surface area (Å²) in [6, 6.07) is 13.1. The summed E-state index contributed by atoms with van der Waals surface area (Å²) in [5.74, 6) is -0.251. The molecule has 9 nitrogen and oxygen atoms in total. The van der Waals surface area contributed by atoms with Crippen molar-refractivity contribution in [2.75, 3.05) is 13.1 Å². The van der Waals surface area contributed by atoms with Crippen LogP contribution in [0, 0.1) is 0 Å². The summed E-state index contributed by atoms with van der Waals surface area (Å²) in [5.41, 5.74) is 0.999. The third-order valence-electron chi connectivity index (χ3n) is 5.28. The van der Waals surface area contributed by atoms with Crippen LogP contribution in [0.15, 0.2) is 58.2 Å². The highest BCUT2D eigenvalue weighted by Gasteiger charge is 2.21. The van der Waals surface area contributed by atoms with E-state index in [1.54, 1.807) is 62.4 Å². The second-order valence-corrected chi connectivity index (χ2v) is 9.27. The Hall–Kier alpha value is -3.11. The van der Waals surface area contributed by atoms with Gasteiger partial charge in [-0.25, -0.2) is 13.1 Å². The van der Waals surface area contributed by atoms with Crippen LogP contribution in [0.25, 0.3) is 10.9 Å². The van der Waals surface area contributed by atoms with Gasteiger partial charge in [0.15, 0.2) is 0 Å². The molecule has 1 atom stereocenters. The van der Waals surface area contributed by atoms with E-state index in [9.17, 15) is 18.0 Å². The molecule has 3 rings (SSSR count). The Bertz CT molecular complexity index is 1250. The molecule has 170 valence electrons. The van der Waals surface area contributed by atoms with Gasteiger partial charge < -0.3 is 5.32 Å². The van der Waals surface area contributed by atoms with E-state index in [0.29, 0.717) is 24.0 Å². The lowest BCUT2D eigenvalue weighted by Gasteiger charge is -2.19. The number of nitrogens with zero attached hydrogens (tertiary/aromatic N) is 4. The predicted octanol–water partition coefficient (Wildman–Crippen LogP) is 2.09. The van der Waals surface area contributed by atoms with E-state index in [2.05, 4.69) is 15.6 Å². The van der Waals surface area contributed by atoms with Crippen molar-refractivity contribution in [2.45, 2.75) is 44.7 Å². The number of carbonyl (C=O) groups excluding carboxylic acids is 1. The fourth-order valence-corrected chi connectivity index (χ4v) is 4.87. The van der Waals surface area contributed by atoms with Gasteiger partial charge in [-0.2, -0.15) is 4.31 Å². The van der Waals surface area contributed by atoms with E-state index >= 15 is 0 Å². The number of rotatable bonds is 9. The van der Waals surface area contributed by atoms with E-state index in [4.69, 9.17) is 0 Å². The van der Waals surface area contributed by atoms with Crippen molar-refractivity contribution in [3.63, 3.8) is 0 Å². The van der Waals surface area contributed by atoms with Crippen LogP contribution >= 0.6 is 0 Å². The molecule has 1 aromatic heterocycles. The summed E-state index contributed by atoms with van der Waals surface area (Å²) in [6.07, 6.45) is 0.0612. The normalized spacial score (nSPS) is 12.8. The topological polar surface area (TPSA) is 114 Å². The van der Waals surface area contributed by atoms with Crippen molar-refractivity contribution >= 4 is 26.8 Å². The molecule has 0 saturated heterocycles. The van der Waals surface area contributed by atoms with E-state index in [-0.39, 0.29) is 35.4 Å². The van der Waals surface area contributed by atoms with Crippen LogP contribution in [0.3, 0.4) is 0 Å². The minimum absolute atomic E-state index is 0.0612. The molecule has 0 aliphatic rings. The molecular formula is C22H27N5O4S. The molecule has 32 heavy (non-hydrogen) atoms. The Morgan fingerprint density at radius 2 is 1.75 bits per heavy atom. The van der Waals surface area contributed by atoms with Gasteiger partial charge in [0.1, 0.15) is 5.52 Å². The number of aromatic nitrogens is 3. The van der Waals surface area contributed by atoms with Gasteiger partial charge in [0.05, 0.1) is 22.9 Å². The highest BCUT2D eigenvalue weighted by molar-refractivity contribution is 7.89. The van der Waals surface area contributed by atoms with E-state index in [0.717, 1.165) is 5.56 Å². The molecule has 0 radical (unpaired) electrons. The zero-order valence-electron chi connectivity index (χ0n) is 18.4. The number of benzene rings is 2. The molecule has 1 amide bonds. The van der Waals surface area contributed by atoms with Gasteiger partial charge in [-0.3, -0.25) is 9.59 Å². The quantitative estimate of drug-likeness (QED) is 0.526. The maximum Gasteiger partial charge on any atom is 0.277 e. The van der Waals surface area contributed by atoms with Gasteiger partial charge in [0, 0.05) is 19.5 Å². The number of sulfonamides is 1. The van der Waals surface area contributed by atoms with Crippen LogP contribution in [0.2, 0.25) is 0 Å². The Morgan fingerprint density at radius 1 is 1.09 bits per heavy atom. The third-order valence-corrected chi connectivity index (χ3v) is 7.34. The van der Waals surface area contributed by atoms with Crippen molar-refractivity contribution in [3.05, 3.63) is 64.4 Å². The molecule has 0 fully saturated rings. The van der Waals surface area contributed by atoms with Gasteiger partial charge in [-0.05, 0) is 36.8 Å². The second kappa shape index (κ2) is 10.0. The van der Waals surface area contributed by atoms with Gasteiger partial charge in [-0.1, -0.05) is 43.3 Å². The summed E-state index contributed by atoms with van der Waals surface area (Å²) in [4.78, 5) is 25.1. The molecule has 0 saturated carbocycles. The zero-order chi connectivity index (χ0) is 23.3. The molecule has 10 heteroatoms. The van der Waals surface area contributed by atoms with E-state index in [1.165, 1.54) is 8.99 Å². The van der Waals surface area contributed by atoms with Crippen LogP contribution in [0.1, 0.15) is 38.8 Å². The Kier molecular flexibility index (Phi) is 7.37. The number of hydrogen-bond acceptors (Lipinski definition) is 6. The molecule has 0 unspecified atom stereocenters. The van der Waals surface area contributed by atoms with Gasteiger partial charge in [0.2, 0.25) is 15.9 Å². The van der Waals surface area contributed by atoms with Crippen molar-refractivity contribution in [1.29, 1.82) is 0 Å². The molecule has 1 N–H and O–H groups in total. The van der Waals surface area contributed by atoms with Crippen molar-refractivity contribution < 1.29 is 13.2 Å². The molecular weight excluding hydrogens is 430 g/mol. The minimum Gasteiger partial charge on any atom is -0.350 e. The van der Waals surface area contributed by atoms with Crippen molar-refractivity contribution in [2.24, 2.45) is 0 Å². The number of amides is 1. The number of hydrogen-bond donors (Lipinski definition) is 1. The molecule has 1 heterocycles. The lowest BCUT2D eigenvalue weighted by molar-refractivity contribution is -0.122. The zero-order valence-corrected chi connectivity index (χ0v) is 19.2. The number of aryl methyl sites for hydroxylation is 1. The summed E-state index contributed by atoms with van der Waals surface area (Å²) in [6.45, 7) is 6.31. The summed E-state index contributed by atoms with van der Waals surface area (Å²) >= 11 is 0. The Morgan fingerprint density at radius 3 is 2.41 bits per heavy atom. The van der Waals surface area contributed by atoms with Gasteiger partial charge in [-0.15, -0.1) is 5.10 Å². The van der Waals surface area contributed by atoms with Crippen LogP contribution in [0.5, 0.6) is 0 Å². The van der Waals surface area contributed by atoms with Crippen LogP contribution in [0.4, 0.5) is 0 Å². The Balaban J connectivity index is 1.62. The van der Waals surface area contributed by atoms with Crippen LogP contribution < -0.4 is 10.9 Å². The molecule has 0 spiro atoms. The lowest BCUT2D eigenvalue weighted by Crippen LogP contribution is -2.31. The first-order valence-corrected chi connectivity index (χ1v) is 11.9. The first kappa shape index (κ1) is 23.6. The number of carbonyl (C=O) groups is 1. The monoisotopic (exact) mass is 457 g/mol. The van der Waals surface area contributed by atoms with Gasteiger partial charge >= 0.3 is 0 Å². The summed E-state index contributed by atoms with van der Waals surface area (Å²) < 4.78 is 27.8. The summed E-state index contributed by atoms with van der Waals surface area (Å²) in [5, 5.41) is 11.2. The largest absolute Gasteiger partial charge is 0.350 e. The average Bonchev–Trinajstić information content (AvgIpc) is 2.79. The molecule has 3 aromatic rings. The lowest BCUT2D eigenvalue weighted by atomic mass is 10.1. The molecule has 0 aliphatic carbocycles. The standard InChI is InChI=1S/C22H27N5O4S/c1-4-26(5-2)32(30,31)18-12-10-17(11-13-18)16(3)23-21(28)14-15-27-22(29)19-8-6-7-9-20(19)24-25-27/h6-13,16H,4-5,14-15H2,1-3H3,(H,23,28)/t16-/m1/s1. The fraction of sp³-hybridized carbons (Fsp3) is 0.364. The van der Waals surface area contributed by atoms with Gasteiger partial charge in [0.25, 0.3) is 5.56 Å². The first-order valence-electron chi connectivity index (χ1n) is 10.5. The predicted molar refractivity (Wildman–Crippen MR) is 122 cm³/mol. The van der Waals surface area contributed by atoms with Crippen LogP contribution in [-0.2, 0) is 21.4 Å². The molecule has 0 bridgehead atoms. The smallest absolute Gasteiger partial charge is 0.277 e. The first-order chi connectivity index (χ1) is 15.3. The second-order valence-electron chi connectivity index (χ2n) is 7.33. The Labute approximate surface area is 187 Å². The van der Waals surface area contributed by atoms with Crippen LogP contribution in [-0.4, -0.2) is 46.7 Å².